The number of nitrogens with zero attached hydrogens (tertiary/aromatic N) is 3. The largest absolute Gasteiger partial charge is 0.316 e. The van der Waals surface area contributed by atoms with Crippen LogP contribution in [0.1, 0.15) is 11.4 Å². The van der Waals surface area contributed by atoms with Gasteiger partial charge < -0.3 is 9.88 Å². The van der Waals surface area contributed by atoms with Gasteiger partial charge in [-0.3, -0.25) is 0 Å². The van der Waals surface area contributed by atoms with Crippen molar-refractivity contribution in [1.29, 1.82) is 0 Å². The highest BCUT2D eigenvalue weighted by Crippen LogP contribution is 2.16. The van der Waals surface area contributed by atoms with Crippen LogP contribution < -0.4 is 5.32 Å². The van der Waals surface area contributed by atoms with Crippen LogP contribution in [0.25, 0.3) is 0 Å². The fourth-order valence-corrected chi connectivity index (χ4v) is 2.17. The molecule has 2 aromatic rings. The van der Waals surface area contributed by atoms with Crippen molar-refractivity contribution in [3.8, 4) is 0 Å². The molecule has 0 aliphatic carbocycles. The third-order valence-corrected chi connectivity index (χ3v) is 3.42. The van der Waals surface area contributed by atoms with E-state index in [1.807, 2.05) is 0 Å². The summed E-state index contributed by atoms with van der Waals surface area (Å²) in [5.41, 5.74) is 0.0512. The Balaban J connectivity index is 1.81. The second-order valence-electron chi connectivity index (χ2n) is 4.80. The summed E-state index contributed by atoms with van der Waals surface area (Å²) in [6, 6.07) is 3.89. The summed E-state index contributed by atoms with van der Waals surface area (Å²) in [5, 5.41) is 11.1. The van der Waals surface area contributed by atoms with Gasteiger partial charge in [0.1, 0.15) is 23.8 Å². The Bertz CT molecular complexity index is 558. The summed E-state index contributed by atoms with van der Waals surface area (Å²) in [6.07, 6.45) is 2.30. The molecule has 0 amide bonds. The Morgan fingerprint density at radius 1 is 1.26 bits per heavy atom. The maximum atomic E-state index is 13.6. The first-order chi connectivity index (χ1) is 9.24. The number of rotatable bonds is 4. The summed E-state index contributed by atoms with van der Waals surface area (Å²) >= 11 is 0. The van der Waals surface area contributed by atoms with E-state index < -0.39 is 11.6 Å². The van der Waals surface area contributed by atoms with Gasteiger partial charge in [0.25, 0.3) is 0 Å². The van der Waals surface area contributed by atoms with Gasteiger partial charge in [0.2, 0.25) is 0 Å². The summed E-state index contributed by atoms with van der Waals surface area (Å²) in [5.74, 6) is 0.234. The Hall–Kier alpha value is -1.82. The van der Waals surface area contributed by atoms with Gasteiger partial charge in [0.15, 0.2) is 0 Å². The van der Waals surface area contributed by atoms with Crippen LogP contribution in [0.15, 0.2) is 24.5 Å². The normalized spacial score (nSPS) is 15.5. The molecule has 1 aliphatic rings. The fraction of sp³-hybridized carbons (Fsp3) is 0.385. The van der Waals surface area contributed by atoms with Gasteiger partial charge in [-0.2, -0.15) is 0 Å². The molecule has 0 atom stereocenters. The van der Waals surface area contributed by atoms with Crippen molar-refractivity contribution in [2.75, 3.05) is 13.1 Å². The smallest absolute Gasteiger partial charge is 0.133 e. The van der Waals surface area contributed by atoms with Gasteiger partial charge in [-0.1, -0.05) is 6.07 Å². The lowest BCUT2D eigenvalue weighted by Crippen LogP contribution is -2.43. The Labute approximate surface area is 109 Å². The molecule has 3 rings (SSSR count). The first-order valence-electron chi connectivity index (χ1n) is 6.24. The van der Waals surface area contributed by atoms with Gasteiger partial charge >= 0.3 is 0 Å². The van der Waals surface area contributed by atoms with Gasteiger partial charge in [0.05, 0.1) is 6.54 Å². The zero-order valence-electron chi connectivity index (χ0n) is 10.3. The summed E-state index contributed by atoms with van der Waals surface area (Å²) in [6.45, 7) is 2.04. The average Bonchev–Trinajstić information content (AvgIpc) is 2.76. The molecule has 1 fully saturated rings. The molecule has 2 heterocycles. The summed E-state index contributed by atoms with van der Waals surface area (Å²) < 4.78 is 28.9. The standard InChI is InChI=1S/C13H14F2N4/c14-11-2-1-3-12(15)10(11)7-19-8-17-18-13(19)4-9-5-16-6-9/h1-3,8-9,16H,4-7H2. The predicted molar refractivity (Wildman–Crippen MR) is 65.5 cm³/mol. The van der Waals surface area contributed by atoms with E-state index in [9.17, 15) is 8.78 Å². The molecule has 0 bridgehead atoms. The van der Waals surface area contributed by atoms with E-state index >= 15 is 0 Å². The van der Waals surface area contributed by atoms with E-state index in [1.54, 1.807) is 4.57 Å². The monoisotopic (exact) mass is 264 g/mol. The zero-order chi connectivity index (χ0) is 13.2. The van der Waals surface area contributed by atoms with E-state index in [-0.39, 0.29) is 12.1 Å². The third-order valence-electron chi connectivity index (χ3n) is 3.42. The second kappa shape index (κ2) is 5.05. The number of benzene rings is 1. The molecule has 0 radical (unpaired) electrons. The Kier molecular flexibility index (Phi) is 3.25. The minimum absolute atomic E-state index is 0.0512. The van der Waals surface area contributed by atoms with Crippen molar-refractivity contribution in [2.24, 2.45) is 5.92 Å². The lowest BCUT2D eigenvalue weighted by molar-refractivity contribution is 0.337. The fourth-order valence-electron chi connectivity index (χ4n) is 2.17. The number of nitrogens with one attached hydrogen (secondary N) is 1. The molecule has 0 unspecified atom stereocenters. The molecule has 1 N–H and O–H groups in total. The Morgan fingerprint density at radius 3 is 2.63 bits per heavy atom. The van der Waals surface area contributed by atoms with E-state index in [0.29, 0.717) is 5.92 Å². The van der Waals surface area contributed by atoms with E-state index in [0.717, 1.165) is 25.3 Å². The molecule has 4 nitrogen and oxygen atoms in total. The van der Waals surface area contributed by atoms with Crippen LogP contribution in [-0.2, 0) is 13.0 Å². The molecule has 1 aromatic heterocycles. The lowest BCUT2D eigenvalue weighted by atomic mass is 9.99. The molecular weight excluding hydrogens is 250 g/mol. The van der Waals surface area contributed by atoms with Crippen molar-refractivity contribution < 1.29 is 8.78 Å². The molecule has 1 aromatic carbocycles. The van der Waals surface area contributed by atoms with Crippen molar-refractivity contribution in [1.82, 2.24) is 20.1 Å². The maximum Gasteiger partial charge on any atom is 0.133 e. The average molecular weight is 264 g/mol. The molecule has 0 saturated carbocycles. The van der Waals surface area contributed by atoms with Gasteiger partial charge in [-0.05, 0) is 31.1 Å². The van der Waals surface area contributed by atoms with Gasteiger partial charge in [-0.25, -0.2) is 8.78 Å². The number of halogens is 2. The zero-order valence-corrected chi connectivity index (χ0v) is 10.3. The quantitative estimate of drug-likeness (QED) is 0.907. The van der Waals surface area contributed by atoms with Crippen LogP contribution in [-0.4, -0.2) is 27.9 Å². The van der Waals surface area contributed by atoms with Crippen LogP contribution in [0.4, 0.5) is 8.78 Å². The molecular formula is C13H14F2N4. The van der Waals surface area contributed by atoms with Crippen LogP contribution in [0, 0.1) is 17.6 Å². The van der Waals surface area contributed by atoms with Crippen molar-refractivity contribution in [3.05, 3.63) is 47.5 Å². The summed E-state index contributed by atoms with van der Waals surface area (Å²) in [7, 11) is 0. The van der Waals surface area contributed by atoms with Crippen molar-refractivity contribution >= 4 is 0 Å². The minimum Gasteiger partial charge on any atom is -0.316 e. The van der Waals surface area contributed by atoms with Gasteiger partial charge in [-0.15, -0.1) is 10.2 Å². The van der Waals surface area contributed by atoms with Crippen LogP contribution >= 0.6 is 0 Å². The molecule has 100 valence electrons. The van der Waals surface area contributed by atoms with Crippen molar-refractivity contribution in [3.63, 3.8) is 0 Å². The SMILES string of the molecule is Fc1cccc(F)c1Cn1cnnc1CC1CNC1. The maximum absolute atomic E-state index is 13.6. The van der Waals surface area contributed by atoms with Crippen LogP contribution in [0.3, 0.4) is 0 Å². The highest BCUT2D eigenvalue weighted by molar-refractivity contribution is 5.20. The summed E-state index contributed by atoms with van der Waals surface area (Å²) in [4.78, 5) is 0. The molecule has 6 heteroatoms. The molecule has 0 spiro atoms. The topological polar surface area (TPSA) is 42.7 Å². The lowest BCUT2D eigenvalue weighted by Gasteiger charge is -2.26. The van der Waals surface area contributed by atoms with E-state index in [1.165, 1.54) is 24.5 Å². The molecule has 19 heavy (non-hydrogen) atoms. The third kappa shape index (κ3) is 2.49. The van der Waals surface area contributed by atoms with Crippen LogP contribution in [0.2, 0.25) is 0 Å². The highest BCUT2D eigenvalue weighted by Gasteiger charge is 2.20. The number of aromatic nitrogens is 3. The molecule has 1 aliphatic heterocycles. The first kappa shape index (κ1) is 12.2. The second-order valence-corrected chi connectivity index (χ2v) is 4.80. The molecule has 1 saturated heterocycles. The van der Waals surface area contributed by atoms with Gasteiger partial charge in [0, 0.05) is 12.0 Å². The van der Waals surface area contributed by atoms with E-state index in [2.05, 4.69) is 15.5 Å². The predicted octanol–water partition coefficient (Wildman–Crippen LogP) is 1.37. The van der Waals surface area contributed by atoms with Crippen LogP contribution in [0.5, 0.6) is 0 Å². The highest BCUT2D eigenvalue weighted by atomic mass is 19.1. The van der Waals surface area contributed by atoms with Crippen molar-refractivity contribution in [2.45, 2.75) is 13.0 Å². The Morgan fingerprint density at radius 2 is 2.00 bits per heavy atom. The number of hydrogen-bond donors (Lipinski definition) is 1. The first-order valence-corrected chi connectivity index (χ1v) is 6.24. The number of hydrogen-bond acceptors (Lipinski definition) is 3. The minimum atomic E-state index is -0.537. The van der Waals surface area contributed by atoms with E-state index in [4.69, 9.17) is 0 Å².